The molecule has 0 spiro atoms. The predicted molar refractivity (Wildman–Crippen MR) is 115 cm³/mol. The second-order valence-electron chi connectivity index (χ2n) is 6.71. The van der Waals surface area contributed by atoms with Crippen LogP contribution in [-0.4, -0.2) is 24.1 Å². The molecule has 1 aromatic heterocycles. The molecule has 142 valence electrons. The van der Waals surface area contributed by atoms with E-state index in [2.05, 4.69) is 15.5 Å². The van der Waals surface area contributed by atoms with Crippen LogP contribution in [-0.2, 0) is 0 Å². The van der Waals surface area contributed by atoms with Gasteiger partial charge in [-0.15, -0.1) is 0 Å². The molecule has 2 aromatic carbocycles. The van der Waals surface area contributed by atoms with Crippen LogP contribution in [0.5, 0.6) is 0 Å². The Kier molecular flexibility index (Phi) is 5.44. The van der Waals surface area contributed by atoms with E-state index >= 15 is 0 Å². The molecule has 0 unspecified atom stereocenters. The molecular weight excluding hydrogens is 372 g/mol. The molecule has 1 aliphatic rings. The summed E-state index contributed by atoms with van der Waals surface area (Å²) in [6.45, 7) is 2.11. The van der Waals surface area contributed by atoms with Gasteiger partial charge in [-0.1, -0.05) is 41.9 Å². The summed E-state index contributed by atoms with van der Waals surface area (Å²) in [5, 5.41) is 6.11. The van der Waals surface area contributed by atoms with E-state index in [-0.39, 0.29) is 6.03 Å². The largest absolute Gasteiger partial charge is 0.357 e. The molecule has 1 saturated heterocycles. The van der Waals surface area contributed by atoms with Crippen molar-refractivity contribution in [3.63, 3.8) is 0 Å². The van der Waals surface area contributed by atoms with Gasteiger partial charge in [-0.05, 0) is 49.2 Å². The fourth-order valence-electron chi connectivity index (χ4n) is 3.31. The molecular formula is C22H21ClN4O. The molecule has 2 N–H and O–H groups in total. The zero-order valence-corrected chi connectivity index (χ0v) is 16.1. The lowest BCUT2D eigenvalue weighted by atomic mass is 10.1. The van der Waals surface area contributed by atoms with Crippen LogP contribution >= 0.6 is 11.6 Å². The molecule has 28 heavy (non-hydrogen) atoms. The monoisotopic (exact) mass is 392 g/mol. The van der Waals surface area contributed by atoms with Crippen molar-refractivity contribution >= 4 is 34.8 Å². The molecule has 2 amide bonds. The first-order valence-electron chi connectivity index (χ1n) is 9.34. The van der Waals surface area contributed by atoms with Gasteiger partial charge in [0.1, 0.15) is 5.82 Å². The number of anilines is 3. The first kappa shape index (κ1) is 18.3. The second kappa shape index (κ2) is 8.31. The van der Waals surface area contributed by atoms with E-state index in [4.69, 9.17) is 16.6 Å². The van der Waals surface area contributed by atoms with Gasteiger partial charge in [0.25, 0.3) is 0 Å². The second-order valence-corrected chi connectivity index (χ2v) is 7.12. The minimum absolute atomic E-state index is 0.343. The quantitative estimate of drug-likeness (QED) is 0.603. The van der Waals surface area contributed by atoms with Crippen molar-refractivity contribution in [2.24, 2.45) is 0 Å². The third-order valence-corrected chi connectivity index (χ3v) is 5.03. The highest BCUT2D eigenvalue weighted by Gasteiger charge is 2.14. The Morgan fingerprint density at radius 1 is 0.929 bits per heavy atom. The minimum Gasteiger partial charge on any atom is -0.357 e. The number of hydrogen-bond acceptors (Lipinski definition) is 3. The van der Waals surface area contributed by atoms with Gasteiger partial charge in [-0.25, -0.2) is 9.78 Å². The fraction of sp³-hybridized carbons (Fsp3) is 0.182. The van der Waals surface area contributed by atoms with Crippen LogP contribution in [0.3, 0.4) is 0 Å². The van der Waals surface area contributed by atoms with Crippen molar-refractivity contribution in [3.05, 3.63) is 71.8 Å². The number of hydrogen-bond donors (Lipinski definition) is 2. The summed E-state index contributed by atoms with van der Waals surface area (Å²) in [7, 11) is 0. The topological polar surface area (TPSA) is 57.3 Å². The number of nitrogens with one attached hydrogen (secondary N) is 2. The van der Waals surface area contributed by atoms with Gasteiger partial charge in [0.05, 0.1) is 16.4 Å². The molecule has 0 aliphatic carbocycles. The van der Waals surface area contributed by atoms with Gasteiger partial charge in [0.15, 0.2) is 0 Å². The van der Waals surface area contributed by atoms with Crippen LogP contribution < -0.4 is 15.5 Å². The Morgan fingerprint density at radius 2 is 1.71 bits per heavy atom. The fourth-order valence-corrected chi connectivity index (χ4v) is 3.49. The number of urea groups is 1. The number of amides is 2. The third kappa shape index (κ3) is 4.26. The van der Waals surface area contributed by atoms with E-state index in [1.165, 1.54) is 12.8 Å². The highest BCUT2D eigenvalue weighted by atomic mass is 35.5. The molecule has 0 radical (unpaired) electrons. The van der Waals surface area contributed by atoms with Gasteiger partial charge in [0.2, 0.25) is 0 Å². The Morgan fingerprint density at radius 3 is 2.54 bits per heavy atom. The summed E-state index contributed by atoms with van der Waals surface area (Å²) >= 11 is 6.09. The molecule has 0 atom stereocenters. The maximum atomic E-state index is 12.3. The van der Waals surface area contributed by atoms with Crippen LogP contribution in [0.15, 0.2) is 66.7 Å². The van der Waals surface area contributed by atoms with E-state index in [0.29, 0.717) is 16.4 Å². The Bertz CT molecular complexity index is 986. The smallest absolute Gasteiger partial charge is 0.323 e. The Hall–Kier alpha value is -3.05. The summed E-state index contributed by atoms with van der Waals surface area (Å²) in [5.74, 6) is 1.00. The number of carbonyl (C=O) groups is 1. The number of benzene rings is 2. The molecule has 1 fully saturated rings. The molecule has 5 nitrogen and oxygen atoms in total. The van der Waals surface area contributed by atoms with Crippen molar-refractivity contribution in [1.82, 2.24) is 4.98 Å². The van der Waals surface area contributed by atoms with Gasteiger partial charge < -0.3 is 15.5 Å². The number of pyridine rings is 1. The number of nitrogens with zero attached hydrogens (tertiary/aromatic N) is 2. The first-order valence-corrected chi connectivity index (χ1v) is 9.72. The average molecular weight is 393 g/mol. The maximum Gasteiger partial charge on any atom is 0.323 e. The number of carbonyl (C=O) groups excluding carboxylic acids is 1. The van der Waals surface area contributed by atoms with Gasteiger partial charge in [-0.2, -0.15) is 0 Å². The van der Waals surface area contributed by atoms with Gasteiger partial charge in [-0.3, -0.25) is 0 Å². The summed E-state index contributed by atoms with van der Waals surface area (Å²) in [6.07, 6.45) is 2.43. The van der Waals surface area contributed by atoms with Crippen molar-refractivity contribution in [2.75, 3.05) is 28.6 Å². The van der Waals surface area contributed by atoms with Crippen LogP contribution in [0.4, 0.5) is 22.0 Å². The van der Waals surface area contributed by atoms with Crippen molar-refractivity contribution in [1.29, 1.82) is 0 Å². The highest BCUT2D eigenvalue weighted by Crippen LogP contribution is 2.25. The molecule has 6 heteroatoms. The van der Waals surface area contributed by atoms with Crippen LogP contribution in [0, 0.1) is 0 Å². The molecule has 3 aromatic rings. The number of rotatable bonds is 4. The van der Waals surface area contributed by atoms with E-state index in [1.807, 2.05) is 54.6 Å². The van der Waals surface area contributed by atoms with Crippen molar-refractivity contribution in [3.8, 4) is 11.3 Å². The zero-order chi connectivity index (χ0) is 19.3. The summed E-state index contributed by atoms with van der Waals surface area (Å²) in [5.41, 5.74) is 3.10. The van der Waals surface area contributed by atoms with E-state index in [1.54, 1.807) is 12.1 Å². The Balaban J connectivity index is 1.49. The lowest BCUT2D eigenvalue weighted by Crippen LogP contribution is -2.19. The summed E-state index contributed by atoms with van der Waals surface area (Å²) in [4.78, 5) is 19.4. The lowest BCUT2D eigenvalue weighted by Gasteiger charge is -2.17. The van der Waals surface area contributed by atoms with Gasteiger partial charge in [0, 0.05) is 24.3 Å². The minimum atomic E-state index is -0.343. The van der Waals surface area contributed by atoms with Crippen molar-refractivity contribution < 1.29 is 4.79 Å². The number of halogens is 1. The SMILES string of the molecule is O=C(Nc1cccc(-c2cccc(N3CCCC3)n2)c1)Nc1ccccc1Cl. The summed E-state index contributed by atoms with van der Waals surface area (Å²) in [6, 6.07) is 20.5. The van der Waals surface area contributed by atoms with Crippen molar-refractivity contribution in [2.45, 2.75) is 12.8 Å². The summed E-state index contributed by atoms with van der Waals surface area (Å²) < 4.78 is 0. The standard InChI is InChI=1S/C22H21ClN4O/c23-18-9-1-2-10-20(18)26-22(28)24-17-8-5-7-16(15-17)19-11-6-12-21(25-19)27-13-3-4-14-27/h1-2,5-12,15H,3-4,13-14H2,(H2,24,26,28). The molecule has 0 saturated carbocycles. The zero-order valence-electron chi connectivity index (χ0n) is 15.4. The molecule has 1 aliphatic heterocycles. The van der Waals surface area contributed by atoms with Crippen LogP contribution in [0.2, 0.25) is 5.02 Å². The van der Waals surface area contributed by atoms with Crippen LogP contribution in [0.25, 0.3) is 11.3 Å². The van der Waals surface area contributed by atoms with Gasteiger partial charge >= 0.3 is 6.03 Å². The third-order valence-electron chi connectivity index (χ3n) is 4.70. The predicted octanol–water partition coefficient (Wildman–Crippen LogP) is 5.65. The van der Waals surface area contributed by atoms with Crippen LogP contribution in [0.1, 0.15) is 12.8 Å². The lowest BCUT2D eigenvalue weighted by molar-refractivity contribution is 0.262. The number of para-hydroxylation sites is 1. The highest BCUT2D eigenvalue weighted by molar-refractivity contribution is 6.33. The molecule has 0 bridgehead atoms. The Labute approximate surface area is 169 Å². The average Bonchev–Trinajstić information content (AvgIpc) is 3.25. The number of aromatic nitrogens is 1. The molecule has 2 heterocycles. The van der Waals surface area contributed by atoms with E-state index < -0.39 is 0 Å². The normalized spacial score (nSPS) is 13.4. The van der Waals surface area contributed by atoms with E-state index in [0.717, 1.165) is 30.2 Å². The van der Waals surface area contributed by atoms with E-state index in [9.17, 15) is 4.79 Å². The first-order chi connectivity index (χ1) is 13.7. The maximum absolute atomic E-state index is 12.3. The molecule has 4 rings (SSSR count).